The van der Waals surface area contributed by atoms with E-state index in [0.29, 0.717) is 5.82 Å². The van der Waals surface area contributed by atoms with E-state index in [1.807, 2.05) is 34.6 Å². The molecule has 3 heterocycles. The van der Waals surface area contributed by atoms with Crippen molar-refractivity contribution in [3.8, 4) is 10.7 Å². The molecule has 0 radical (unpaired) electrons. The molecule has 4 N–H and O–H groups in total. The number of aromatic nitrogens is 3. The zero-order valence-electron chi connectivity index (χ0n) is 18.5. The summed E-state index contributed by atoms with van der Waals surface area (Å²) in [7, 11) is 0. The van der Waals surface area contributed by atoms with Gasteiger partial charge in [-0.05, 0) is 19.3 Å². The van der Waals surface area contributed by atoms with Gasteiger partial charge in [0.05, 0.1) is 34.3 Å². The van der Waals surface area contributed by atoms with Crippen LogP contribution in [0.5, 0.6) is 0 Å². The number of likely N-dealkylation sites (tertiary alicyclic amines) is 1. The van der Waals surface area contributed by atoms with E-state index >= 15 is 0 Å². The highest BCUT2D eigenvalue weighted by Gasteiger charge is 2.42. The smallest absolute Gasteiger partial charge is 0.243 e. The maximum atomic E-state index is 13.0. The van der Waals surface area contributed by atoms with Crippen molar-refractivity contribution in [1.82, 2.24) is 25.2 Å². The highest BCUT2D eigenvalue weighted by atomic mass is 32.1. The molecule has 9 nitrogen and oxygen atoms in total. The van der Waals surface area contributed by atoms with Gasteiger partial charge < -0.3 is 21.1 Å². The van der Waals surface area contributed by atoms with Gasteiger partial charge in [-0.25, -0.2) is 15.0 Å². The van der Waals surface area contributed by atoms with Crippen LogP contribution in [0.15, 0.2) is 17.9 Å². The van der Waals surface area contributed by atoms with Gasteiger partial charge in [0.25, 0.3) is 0 Å². The fourth-order valence-electron chi connectivity index (χ4n) is 3.44. The minimum Gasteiger partial charge on any atom is -0.391 e. The fourth-order valence-corrected chi connectivity index (χ4v) is 4.19. The van der Waals surface area contributed by atoms with Gasteiger partial charge in [-0.2, -0.15) is 0 Å². The SMILES string of the molecule is Cc1ncsc1-c1ncc(C(C)NC(=O)[C@@H]2C[C@@H](O)CN2C(=O)C(N)C(C)(C)C)cn1. The Labute approximate surface area is 186 Å². The molecular weight excluding hydrogens is 416 g/mol. The van der Waals surface area contributed by atoms with Gasteiger partial charge in [-0.3, -0.25) is 9.59 Å². The van der Waals surface area contributed by atoms with E-state index in [9.17, 15) is 14.7 Å². The standard InChI is InChI=1S/C21H30N6O3S/c1-11(13-7-23-18(24-8-13)16-12(2)25-10-31-16)26-19(29)15-6-14(28)9-27(15)20(30)17(22)21(3,4)5/h7-8,10-11,14-15,17,28H,6,9,22H2,1-5H3,(H,26,29)/t11?,14-,15+,17?/m1/s1. The van der Waals surface area contributed by atoms with Crippen LogP contribution in [-0.2, 0) is 9.59 Å². The Hall–Kier alpha value is -2.43. The molecule has 0 saturated carbocycles. The van der Waals surface area contributed by atoms with Crippen LogP contribution >= 0.6 is 11.3 Å². The molecule has 1 fully saturated rings. The molecule has 31 heavy (non-hydrogen) atoms. The third-order valence-corrected chi connectivity index (χ3v) is 6.47. The molecule has 1 saturated heterocycles. The lowest BCUT2D eigenvalue weighted by Crippen LogP contribution is -2.55. The highest BCUT2D eigenvalue weighted by Crippen LogP contribution is 2.26. The molecule has 2 aromatic heterocycles. The number of hydrogen-bond acceptors (Lipinski definition) is 8. The maximum absolute atomic E-state index is 13.0. The van der Waals surface area contributed by atoms with Gasteiger partial charge >= 0.3 is 0 Å². The van der Waals surface area contributed by atoms with Crippen LogP contribution in [0.4, 0.5) is 0 Å². The Morgan fingerprint density at radius 2 is 1.94 bits per heavy atom. The molecule has 0 aromatic carbocycles. The molecule has 2 amide bonds. The minimum absolute atomic E-state index is 0.0983. The van der Waals surface area contributed by atoms with Crippen molar-refractivity contribution in [2.75, 3.05) is 6.54 Å². The summed E-state index contributed by atoms with van der Waals surface area (Å²) in [5.74, 6) is -0.0699. The lowest BCUT2D eigenvalue weighted by atomic mass is 9.86. The average Bonchev–Trinajstić information content (AvgIpc) is 3.31. The first-order valence-electron chi connectivity index (χ1n) is 10.3. The number of nitrogens with two attached hydrogens (primary N) is 1. The number of rotatable bonds is 5. The van der Waals surface area contributed by atoms with E-state index in [2.05, 4.69) is 20.3 Å². The van der Waals surface area contributed by atoms with Crippen LogP contribution < -0.4 is 11.1 Å². The summed E-state index contributed by atoms with van der Waals surface area (Å²) in [6, 6.07) is -1.89. The number of aliphatic hydroxyl groups is 1. The Morgan fingerprint density at radius 1 is 1.29 bits per heavy atom. The number of aliphatic hydroxyl groups excluding tert-OH is 1. The van der Waals surface area contributed by atoms with Gasteiger partial charge in [0.2, 0.25) is 11.8 Å². The van der Waals surface area contributed by atoms with E-state index in [4.69, 9.17) is 5.73 Å². The topological polar surface area (TPSA) is 134 Å². The molecule has 4 atom stereocenters. The van der Waals surface area contributed by atoms with E-state index in [0.717, 1.165) is 16.1 Å². The summed E-state index contributed by atoms with van der Waals surface area (Å²) in [5.41, 5.74) is 9.02. The summed E-state index contributed by atoms with van der Waals surface area (Å²) in [6.45, 7) is 9.44. The third-order valence-electron chi connectivity index (χ3n) is 5.54. The van der Waals surface area contributed by atoms with Crippen molar-refractivity contribution in [2.24, 2.45) is 11.1 Å². The number of carbonyl (C=O) groups excluding carboxylic acids is 2. The molecule has 0 spiro atoms. The van der Waals surface area contributed by atoms with Crippen molar-refractivity contribution in [3.63, 3.8) is 0 Å². The third kappa shape index (κ3) is 5.08. The number of nitrogens with zero attached hydrogens (tertiary/aromatic N) is 4. The van der Waals surface area contributed by atoms with Crippen LogP contribution in [0, 0.1) is 12.3 Å². The zero-order valence-corrected chi connectivity index (χ0v) is 19.3. The normalized spacial score (nSPS) is 21.1. The van der Waals surface area contributed by atoms with Crippen LogP contribution in [0.25, 0.3) is 10.7 Å². The van der Waals surface area contributed by atoms with Gasteiger partial charge in [0, 0.05) is 30.9 Å². The highest BCUT2D eigenvalue weighted by molar-refractivity contribution is 7.13. The van der Waals surface area contributed by atoms with Gasteiger partial charge in [-0.15, -0.1) is 11.3 Å². The van der Waals surface area contributed by atoms with Crippen LogP contribution in [0.1, 0.15) is 51.4 Å². The average molecular weight is 447 g/mol. The Balaban J connectivity index is 1.69. The molecule has 0 bridgehead atoms. The second-order valence-corrected chi connectivity index (χ2v) is 9.93. The second kappa shape index (κ2) is 8.97. The molecule has 2 unspecified atom stereocenters. The summed E-state index contributed by atoms with van der Waals surface area (Å²) in [5, 5.41) is 13.0. The predicted octanol–water partition coefficient (Wildman–Crippen LogP) is 1.42. The number of aryl methyl sites for hydroxylation is 1. The number of nitrogens with one attached hydrogen (secondary N) is 1. The lowest BCUT2D eigenvalue weighted by Gasteiger charge is -2.32. The summed E-state index contributed by atoms with van der Waals surface area (Å²) in [4.78, 5) is 41.1. The lowest BCUT2D eigenvalue weighted by molar-refractivity contribution is -0.141. The van der Waals surface area contributed by atoms with Crippen molar-refractivity contribution < 1.29 is 14.7 Å². The van der Waals surface area contributed by atoms with Crippen LogP contribution in [0.3, 0.4) is 0 Å². The van der Waals surface area contributed by atoms with Crippen molar-refractivity contribution in [3.05, 3.63) is 29.2 Å². The van der Waals surface area contributed by atoms with Gasteiger partial charge in [0.1, 0.15) is 6.04 Å². The number of thiazole rings is 1. The van der Waals surface area contributed by atoms with E-state index < -0.39 is 23.6 Å². The molecule has 0 aliphatic carbocycles. The largest absolute Gasteiger partial charge is 0.391 e. The summed E-state index contributed by atoms with van der Waals surface area (Å²) < 4.78 is 0. The van der Waals surface area contributed by atoms with E-state index in [1.165, 1.54) is 16.2 Å². The molecule has 3 rings (SSSR count). The Bertz CT molecular complexity index is 939. The van der Waals surface area contributed by atoms with Crippen molar-refractivity contribution in [2.45, 2.75) is 65.3 Å². The van der Waals surface area contributed by atoms with Crippen LogP contribution in [0.2, 0.25) is 0 Å². The first-order valence-corrected chi connectivity index (χ1v) is 11.1. The Kier molecular flexibility index (Phi) is 6.73. The second-order valence-electron chi connectivity index (χ2n) is 9.08. The summed E-state index contributed by atoms with van der Waals surface area (Å²) >= 11 is 1.47. The number of β-amino-alcohol motifs (C(OH)–C–C–N with tert-alkyl or cyclic N) is 1. The molecular formula is C21H30N6O3S. The van der Waals surface area contributed by atoms with Gasteiger partial charge in [-0.1, -0.05) is 20.8 Å². The molecule has 1 aliphatic rings. The van der Waals surface area contributed by atoms with Crippen molar-refractivity contribution >= 4 is 23.2 Å². The monoisotopic (exact) mass is 446 g/mol. The first-order chi connectivity index (χ1) is 14.5. The Morgan fingerprint density at radius 3 is 2.48 bits per heavy atom. The first kappa shape index (κ1) is 23.2. The minimum atomic E-state index is -0.765. The predicted molar refractivity (Wildman–Crippen MR) is 118 cm³/mol. The van der Waals surface area contributed by atoms with Crippen LogP contribution in [-0.4, -0.2) is 61.5 Å². The molecule has 168 valence electrons. The number of amides is 2. The summed E-state index contributed by atoms with van der Waals surface area (Å²) in [6.07, 6.45) is 2.77. The van der Waals surface area contributed by atoms with Crippen molar-refractivity contribution in [1.29, 1.82) is 0 Å². The van der Waals surface area contributed by atoms with Gasteiger partial charge in [0.15, 0.2) is 5.82 Å². The molecule has 2 aromatic rings. The quantitative estimate of drug-likeness (QED) is 0.632. The molecule has 10 heteroatoms. The maximum Gasteiger partial charge on any atom is 0.243 e. The number of carbonyl (C=O) groups is 2. The fraction of sp³-hybridized carbons (Fsp3) is 0.571. The number of hydrogen-bond donors (Lipinski definition) is 3. The van der Waals surface area contributed by atoms with E-state index in [-0.39, 0.29) is 30.8 Å². The van der Waals surface area contributed by atoms with E-state index in [1.54, 1.807) is 17.9 Å². The zero-order chi connectivity index (χ0) is 22.9. The molecule has 1 aliphatic heterocycles.